The Morgan fingerprint density at radius 3 is 2.71 bits per heavy atom. The van der Waals surface area contributed by atoms with E-state index in [1.54, 1.807) is 23.0 Å². The van der Waals surface area contributed by atoms with Crippen molar-refractivity contribution in [1.29, 1.82) is 0 Å². The maximum atomic E-state index is 13.2. The molecular weight excluding hydrogens is 478 g/mol. The molecule has 0 unspecified atom stereocenters. The van der Waals surface area contributed by atoms with Gasteiger partial charge in [0.2, 0.25) is 0 Å². The largest absolute Gasteiger partial charge is 0.493 e. The maximum Gasteiger partial charge on any atom is 0.251 e. The highest BCUT2D eigenvalue weighted by Crippen LogP contribution is 2.47. The molecule has 0 saturated heterocycles. The predicted octanol–water partition coefficient (Wildman–Crippen LogP) is 5.04. The van der Waals surface area contributed by atoms with Crippen LogP contribution in [0.1, 0.15) is 29.2 Å². The van der Waals surface area contributed by atoms with Gasteiger partial charge in [-0.05, 0) is 66.4 Å². The monoisotopic (exact) mass is 505 g/mol. The lowest BCUT2D eigenvalue weighted by molar-refractivity contribution is -0.107. The first-order valence-electron chi connectivity index (χ1n) is 12.8. The van der Waals surface area contributed by atoms with Crippen LogP contribution in [-0.4, -0.2) is 34.0 Å². The second-order valence-electron chi connectivity index (χ2n) is 9.44. The number of hydrogen-bond donors (Lipinski definition) is 0. The molecule has 5 aromatic rings. The van der Waals surface area contributed by atoms with Gasteiger partial charge in [-0.1, -0.05) is 0 Å². The van der Waals surface area contributed by atoms with Gasteiger partial charge >= 0.3 is 0 Å². The summed E-state index contributed by atoms with van der Waals surface area (Å²) in [7, 11) is 0. The van der Waals surface area contributed by atoms with E-state index in [4.69, 9.17) is 14.5 Å². The lowest BCUT2D eigenvalue weighted by Gasteiger charge is -2.24. The van der Waals surface area contributed by atoms with Gasteiger partial charge in [0, 0.05) is 59.9 Å². The molecule has 0 radical (unpaired) electrons. The number of hydrogen-bond acceptors (Lipinski definition) is 6. The van der Waals surface area contributed by atoms with E-state index in [1.165, 1.54) is 5.56 Å². The Morgan fingerprint density at radius 1 is 1.08 bits per heavy atom. The van der Waals surface area contributed by atoms with Gasteiger partial charge in [-0.2, -0.15) is 0 Å². The van der Waals surface area contributed by atoms with E-state index in [2.05, 4.69) is 4.98 Å². The van der Waals surface area contributed by atoms with Gasteiger partial charge in [0.15, 0.2) is 0 Å². The van der Waals surface area contributed by atoms with Crippen molar-refractivity contribution in [1.82, 2.24) is 14.5 Å². The standard InChI is InChI=1S/C31H27N3O4/c1-3-37-26-17-25-28-21(10-15-38-25)8-13-33-31(28)30(26)29-22(9-14-35)19(2)16-24-23(29)4-5-27(36)34(24)18-20-6-11-32-12-7-20/h4-8,11-14,16-17H,3,9-10,15,18H2,1-2H3. The minimum Gasteiger partial charge on any atom is -0.493 e. The van der Waals surface area contributed by atoms with E-state index >= 15 is 0 Å². The Balaban J connectivity index is 1.74. The van der Waals surface area contributed by atoms with Crippen LogP contribution in [0, 0.1) is 6.92 Å². The molecule has 7 heteroatoms. The van der Waals surface area contributed by atoms with Crippen LogP contribution in [0.2, 0.25) is 0 Å². The SMILES string of the molecule is CCOc1cc2c3c(ccnc3c1-c1c(CC=O)c(C)cc3c1ccc(=O)n3Cc1ccncc1)CCO2. The van der Waals surface area contributed by atoms with Crippen molar-refractivity contribution in [2.75, 3.05) is 13.2 Å². The fraction of sp³-hybridized carbons (Fsp3) is 0.226. The van der Waals surface area contributed by atoms with Crippen LogP contribution < -0.4 is 15.0 Å². The van der Waals surface area contributed by atoms with Crippen LogP contribution >= 0.6 is 0 Å². The summed E-state index contributed by atoms with van der Waals surface area (Å²) in [4.78, 5) is 34.0. The van der Waals surface area contributed by atoms with Gasteiger partial charge in [-0.25, -0.2) is 0 Å². The van der Waals surface area contributed by atoms with E-state index in [1.807, 2.05) is 56.4 Å². The number of pyridine rings is 3. The highest BCUT2D eigenvalue weighted by atomic mass is 16.5. The number of carbonyl (C=O) groups excluding carboxylic acids is 1. The van der Waals surface area contributed by atoms with Crippen molar-refractivity contribution in [2.45, 2.75) is 33.2 Å². The molecule has 0 atom stereocenters. The third kappa shape index (κ3) is 3.91. The first kappa shape index (κ1) is 23.9. The van der Waals surface area contributed by atoms with Gasteiger partial charge < -0.3 is 18.8 Å². The Kier molecular flexibility index (Phi) is 6.12. The quantitative estimate of drug-likeness (QED) is 0.288. The number of rotatable bonds is 7. The van der Waals surface area contributed by atoms with Gasteiger partial charge in [-0.15, -0.1) is 0 Å². The van der Waals surface area contributed by atoms with Crippen molar-refractivity contribution in [3.8, 4) is 22.6 Å². The Bertz CT molecular complexity index is 1760. The smallest absolute Gasteiger partial charge is 0.251 e. The third-order valence-corrected chi connectivity index (χ3v) is 7.21. The number of carbonyl (C=O) groups is 1. The second-order valence-corrected chi connectivity index (χ2v) is 9.44. The van der Waals surface area contributed by atoms with Crippen molar-refractivity contribution < 1.29 is 14.3 Å². The molecule has 2 aromatic carbocycles. The van der Waals surface area contributed by atoms with Crippen molar-refractivity contribution in [2.24, 2.45) is 0 Å². The molecule has 0 spiro atoms. The maximum absolute atomic E-state index is 13.2. The van der Waals surface area contributed by atoms with Crippen LogP contribution in [0.4, 0.5) is 0 Å². The molecule has 190 valence electrons. The van der Waals surface area contributed by atoms with Crippen molar-refractivity contribution >= 4 is 28.1 Å². The van der Waals surface area contributed by atoms with E-state index in [0.29, 0.717) is 25.5 Å². The zero-order valence-electron chi connectivity index (χ0n) is 21.4. The summed E-state index contributed by atoms with van der Waals surface area (Å²) >= 11 is 0. The molecule has 7 nitrogen and oxygen atoms in total. The molecule has 0 bridgehead atoms. The summed E-state index contributed by atoms with van der Waals surface area (Å²) in [6.45, 7) is 5.38. The molecule has 0 saturated carbocycles. The highest BCUT2D eigenvalue weighted by Gasteiger charge is 2.26. The molecule has 0 amide bonds. The third-order valence-electron chi connectivity index (χ3n) is 7.21. The molecule has 0 aliphatic carbocycles. The van der Waals surface area contributed by atoms with E-state index < -0.39 is 0 Å². The molecule has 4 heterocycles. The topological polar surface area (TPSA) is 83.3 Å². The number of aryl methyl sites for hydroxylation is 1. The number of aromatic nitrogens is 3. The number of fused-ring (bicyclic) bond motifs is 1. The summed E-state index contributed by atoms with van der Waals surface area (Å²) in [6.07, 6.45) is 7.21. The van der Waals surface area contributed by atoms with Crippen molar-refractivity contribution in [3.05, 3.63) is 93.7 Å². The molecule has 0 fully saturated rings. The lowest BCUT2D eigenvalue weighted by atomic mass is 9.87. The predicted molar refractivity (Wildman–Crippen MR) is 147 cm³/mol. The van der Waals surface area contributed by atoms with Gasteiger partial charge in [0.1, 0.15) is 17.8 Å². The Labute approximate surface area is 219 Å². The average Bonchev–Trinajstić information content (AvgIpc) is 2.93. The molecule has 38 heavy (non-hydrogen) atoms. The fourth-order valence-electron chi connectivity index (χ4n) is 5.53. The zero-order chi connectivity index (χ0) is 26.2. The van der Waals surface area contributed by atoms with Crippen LogP contribution in [0.25, 0.3) is 32.9 Å². The number of ether oxygens (including phenoxy) is 2. The normalized spacial score (nSPS) is 12.5. The van der Waals surface area contributed by atoms with Crippen molar-refractivity contribution in [3.63, 3.8) is 0 Å². The van der Waals surface area contributed by atoms with E-state index in [-0.39, 0.29) is 12.0 Å². The highest BCUT2D eigenvalue weighted by molar-refractivity contribution is 6.10. The Morgan fingerprint density at radius 2 is 1.92 bits per heavy atom. The van der Waals surface area contributed by atoms with E-state index in [0.717, 1.165) is 68.1 Å². The molecule has 1 aliphatic heterocycles. The number of nitrogens with zero attached hydrogens (tertiary/aromatic N) is 3. The summed E-state index contributed by atoms with van der Waals surface area (Å²) in [5, 5.41) is 1.83. The number of benzene rings is 2. The summed E-state index contributed by atoms with van der Waals surface area (Å²) in [6, 6.07) is 13.2. The molecule has 1 aliphatic rings. The first-order chi connectivity index (χ1) is 18.6. The van der Waals surface area contributed by atoms with E-state index in [9.17, 15) is 9.59 Å². The summed E-state index contributed by atoms with van der Waals surface area (Å²) in [5.74, 6) is 1.40. The van der Waals surface area contributed by atoms with Gasteiger partial charge in [0.05, 0.1) is 36.4 Å². The fourth-order valence-corrected chi connectivity index (χ4v) is 5.53. The molecule has 3 aromatic heterocycles. The van der Waals surface area contributed by atoms with Crippen LogP contribution in [-0.2, 0) is 24.2 Å². The van der Waals surface area contributed by atoms with Crippen LogP contribution in [0.15, 0.2) is 65.8 Å². The lowest BCUT2D eigenvalue weighted by Crippen LogP contribution is -2.20. The Hall–Kier alpha value is -4.52. The molecule has 0 N–H and O–H groups in total. The average molecular weight is 506 g/mol. The minimum atomic E-state index is -0.101. The van der Waals surface area contributed by atoms with Gasteiger partial charge in [-0.3, -0.25) is 14.8 Å². The zero-order valence-corrected chi connectivity index (χ0v) is 21.4. The summed E-state index contributed by atoms with van der Waals surface area (Å²) in [5.41, 5.74) is 7.10. The molecular formula is C31H27N3O4. The number of aldehydes is 1. The van der Waals surface area contributed by atoms with Gasteiger partial charge in [0.25, 0.3) is 5.56 Å². The minimum absolute atomic E-state index is 0.101. The second kappa shape index (κ2) is 9.74. The van der Waals surface area contributed by atoms with Crippen LogP contribution in [0.5, 0.6) is 11.5 Å². The molecule has 6 rings (SSSR count). The van der Waals surface area contributed by atoms with Crippen LogP contribution in [0.3, 0.4) is 0 Å². The summed E-state index contributed by atoms with van der Waals surface area (Å²) < 4.78 is 14.0. The first-order valence-corrected chi connectivity index (χ1v) is 12.8.